The molecule has 4 atom stereocenters. The van der Waals surface area contributed by atoms with Gasteiger partial charge in [-0.05, 0) is 44.4 Å². The number of hydrogen-bond acceptors (Lipinski definition) is 4. The van der Waals surface area contributed by atoms with Gasteiger partial charge >= 0.3 is 0 Å². The molecule has 0 bridgehead atoms. The van der Waals surface area contributed by atoms with Crippen molar-refractivity contribution in [2.75, 3.05) is 19.7 Å². The number of allylic oxidation sites excluding steroid dienone is 2. The number of guanidine groups is 1. The third-order valence-corrected chi connectivity index (χ3v) is 4.93. The van der Waals surface area contributed by atoms with E-state index in [2.05, 4.69) is 29.8 Å². The van der Waals surface area contributed by atoms with Crippen LogP contribution in [0.2, 0.25) is 0 Å². The second-order valence-electron chi connectivity index (χ2n) is 6.74. The summed E-state index contributed by atoms with van der Waals surface area (Å²) >= 11 is 0. The standard InChI is InChI=1S/C16H27N3O/c1-11-6-12(2)8-13(7-11)15-9-18-16(17)19(15)10-14-4-3-5-20-14/h6,11,13-15H,3-5,7-10H2,1-2H3,(H2,17,18). The summed E-state index contributed by atoms with van der Waals surface area (Å²) in [4.78, 5) is 6.84. The van der Waals surface area contributed by atoms with Crippen molar-refractivity contribution < 1.29 is 4.74 Å². The zero-order chi connectivity index (χ0) is 14.1. The predicted molar refractivity (Wildman–Crippen MR) is 81.6 cm³/mol. The molecule has 0 aromatic heterocycles. The Bertz CT molecular complexity index is 412. The zero-order valence-electron chi connectivity index (χ0n) is 12.7. The van der Waals surface area contributed by atoms with Crippen LogP contribution in [-0.4, -0.2) is 42.7 Å². The Labute approximate surface area is 122 Å². The summed E-state index contributed by atoms with van der Waals surface area (Å²) < 4.78 is 5.78. The molecule has 1 aliphatic carbocycles. The number of hydrogen-bond donors (Lipinski definition) is 1. The molecule has 2 aliphatic heterocycles. The Hall–Kier alpha value is -1.03. The average Bonchev–Trinajstić information content (AvgIpc) is 3.00. The molecule has 0 saturated carbocycles. The van der Waals surface area contributed by atoms with Crippen LogP contribution in [0.4, 0.5) is 0 Å². The van der Waals surface area contributed by atoms with Crippen molar-refractivity contribution in [1.29, 1.82) is 0 Å². The highest BCUT2D eigenvalue weighted by atomic mass is 16.5. The van der Waals surface area contributed by atoms with Gasteiger partial charge in [-0.15, -0.1) is 0 Å². The lowest BCUT2D eigenvalue weighted by Gasteiger charge is -2.37. The Morgan fingerprint density at radius 1 is 1.50 bits per heavy atom. The van der Waals surface area contributed by atoms with Gasteiger partial charge in [0.15, 0.2) is 5.96 Å². The van der Waals surface area contributed by atoms with Crippen LogP contribution in [0.1, 0.15) is 39.5 Å². The molecule has 4 nitrogen and oxygen atoms in total. The van der Waals surface area contributed by atoms with Gasteiger partial charge < -0.3 is 15.4 Å². The van der Waals surface area contributed by atoms with Crippen LogP contribution in [0.3, 0.4) is 0 Å². The summed E-state index contributed by atoms with van der Waals surface area (Å²) in [6.07, 6.45) is 7.56. The van der Waals surface area contributed by atoms with E-state index in [-0.39, 0.29) is 0 Å². The fourth-order valence-electron chi connectivity index (χ4n) is 4.08. The van der Waals surface area contributed by atoms with Crippen LogP contribution < -0.4 is 5.73 Å². The lowest BCUT2D eigenvalue weighted by atomic mass is 9.79. The topological polar surface area (TPSA) is 50.8 Å². The highest BCUT2D eigenvalue weighted by Crippen LogP contribution is 2.34. The molecular formula is C16H27N3O. The fraction of sp³-hybridized carbons (Fsp3) is 0.812. The van der Waals surface area contributed by atoms with E-state index in [4.69, 9.17) is 10.5 Å². The minimum absolute atomic E-state index is 0.349. The maximum Gasteiger partial charge on any atom is 0.191 e. The van der Waals surface area contributed by atoms with Crippen LogP contribution >= 0.6 is 0 Å². The summed E-state index contributed by atoms with van der Waals surface area (Å²) in [5.41, 5.74) is 7.65. The van der Waals surface area contributed by atoms with Crippen molar-refractivity contribution in [3.8, 4) is 0 Å². The molecule has 1 saturated heterocycles. The second kappa shape index (κ2) is 5.76. The molecule has 2 heterocycles. The molecular weight excluding hydrogens is 250 g/mol. The highest BCUT2D eigenvalue weighted by molar-refractivity contribution is 5.80. The zero-order valence-corrected chi connectivity index (χ0v) is 12.7. The SMILES string of the molecule is CC1=CC(C)CC(C2CN=C(N)N2CC2CCCO2)C1. The molecule has 1 fully saturated rings. The molecule has 3 rings (SSSR count). The molecule has 4 heteroatoms. The van der Waals surface area contributed by atoms with E-state index in [0.717, 1.165) is 32.1 Å². The monoisotopic (exact) mass is 277 g/mol. The Morgan fingerprint density at radius 3 is 3.05 bits per heavy atom. The van der Waals surface area contributed by atoms with Gasteiger partial charge in [0.2, 0.25) is 0 Å². The van der Waals surface area contributed by atoms with E-state index in [1.165, 1.54) is 24.8 Å². The van der Waals surface area contributed by atoms with Crippen molar-refractivity contribution in [3.05, 3.63) is 11.6 Å². The maximum atomic E-state index is 6.13. The molecule has 0 amide bonds. The summed E-state index contributed by atoms with van der Waals surface area (Å²) in [6, 6.07) is 0.477. The quantitative estimate of drug-likeness (QED) is 0.804. The second-order valence-corrected chi connectivity index (χ2v) is 6.74. The van der Waals surface area contributed by atoms with Gasteiger partial charge in [-0.1, -0.05) is 18.6 Å². The normalized spacial score (nSPS) is 38.0. The summed E-state index contributed by atoms with van der Waals surface area (Å²) in [5.74, 6) is 2.09. The van der Waals surface area contributed by atoms with Crippen LogP contribution in [0, 0.1) is 11.8 Å². The summed E-state index contributed by atoms with van der Waals surface area (Å²) in [6.45, 7) is 7.27. The van der Waals surface area contributed by atoms with Gasteiger partial charge in [-0.25, -0.2) is 0 Å². The third-order valence-electron chi connectivity index (χ3n) is 4.93. The first-order valence-corrected chi connectivity index (χ1v) is 7.99. The molecule has 20 heavy (non-hydrogen) atoms. The van der Waals surface area contributed by atoms with Crippen molar-refractivity contribution >= 4 is 5.96 Å². The van der Waals surface area contributed by atoms with Crippen molar-refractivity contribution in [2.24, 2.45) is 22.6 Å². The molecule has 3 aliphatic rings. The smallest absolute Gasteiger partial charge is 0.191 e. The molecule has 0 aromatic rings. The number of rotatable bonds is 3. The first-order chi connectivity index (χ1) is 9.63. The van der Waals surface area contributed by atoms with E-state index in [1.54, 1.807) is 0 Å². The van der Waals surface area contributed by atoms with Crippen LogP contribution in [-0.2, 0) is 4.74 Å². The van der Waals surface area contributed by atoms with E-state index in [0.29, 0.717) is 24.0 Å². The van der Waals surface area contributed by atoms with Gasteiger partial charge in [-0.3, -0.25) is 4.99 Å². The first kappa shape index (κ1) is 13.9. The van der Waals surface area contributed by atoms with Crippen LogP contribution in [0.5, 0.6) is 0 Å². The molecule has 112 valence electrons. The van der Waals surface area contributed by atoms with E-state index < -0.39 is 0 Å². The third kappa shape index (κ3) is 2.85. The van der Waals surface area contributed by atoms with Gasteiger partial charge in [0.1, 0.15) is 0 Å². The Morgan fingerprint density at radius 2 is 2.35 bits per heavy atom. The van der Waals surface area contributed by atoms with Gasteiger partial charge in [-0.2, -0.15) is 0 Å². The van der Waals surface area contributed by atoms with Gasteiger partial charge in [0, 0.05) is 13.2 Å². The minimum atomic E-state index is 0.349. The van der Waals surface area contributed by atoms with Gasteiger partial charge in [0.05, 0.1) is 18.7 Å². The number of ether oxygens (including phenoxy) is 1. The number of nitrogens with zero attached hydrogens (tertiary/aromatic N) is 2. The fourth-order valence-corrected chi connectivity index (χ4v) is 4.08. The molecule has 0 spiro atoms. The lowest BCUT2D eigenvalue weighted by Crippen LogP contribution is -2.48. The first-order valence-electron chi connectivity index (χ1n) is 7.99. The van der Waals surface area contributed by atoms with Crippen molar-refractivity contribution in [1.82, 2.24) is 4.90 Å². The van der Waals surface area contributed by atoms with E-state index >= 15 is 0 Å². The number of aliphatic imine (C=N–C) groups is 1. The lowest BCUT2D eigenvalue weighted by molar-refractivity contribution is 0.0761. The highest BCUT2D eigenvalue weighted by Gasteiger charge is 2.36. The summed E-state index contributed by atoms with van der Waals surface area (Å²) in [5, 5.41) is 0. The number of nitrogens with two attached hydrogens (primary N) is 1. The minimum Gasteiger partial charge on any atom is -0.376 e. The van der Waals surface area contributed by atoms with E-state index in [9.17, 15) is 0 Å². The Kier molecular flexibility index (Phi) is 4.01. The molecule has 4 unspecified atom stereocenters. The Balaban J connectivity index is 1.67. The predicted octanol–water partition coefficient (Wildman–Crippen LogP) is 2.16. The molecule has 0 radical (unpaired) electrons. The molecule has 0 aromatic carbocycles. The van der Waals surface area contributed by atoms with Crippen molar-refractivity contribution in [3.63, 3.8) is 0 Å². The van der Waals surface area contributed by atoms with Gasteiger partial charge in [0.25, 0.3) is 0 Å². The van der Waals surface area contributed by atoms with Crippen molar-refractivity contribution in [2.45, 2.75) is 51.7 Å². The largest absolute Gasteiger partial charge is 0.376 e. The van der Waals surface area contributed by atoms with Crippen LogP contribution in [0.15, 0.2) is 16.6 Å². The average molecular weight is 277 g/mol. The molecule has 2 N–H and O–H groups in total. The maximum absolute atomic E-state index is 6.13. The van der Waals surface area contributed by atoms with E-state index in [1.807, 2.05) is 0 Å². The summed E-state index contributed by atoms with van der Waals surface area (Å²) in [7, 11) is 0. The van der Waals surface area contributed by atoms with Crippen LogP contribution in [0.25, 0.3) is 0 Å².